The average Bonchev–Trinajstić information content (AvgIpc) is 2.61. The minimum absolute atomic E-state index is 0.131. The molecule has 0 saturated carbocycles. The van der Waals surface area contributed by atoms with Gasteiger partial charge in [-0.3, -0.25) is 19.9 Å². The van der Waals surface area contributed by atoms with Gasteiger partial charge in [0.1, 0.15) is 5.92 Å². The summed E-state index contributed by atoms with van der Waals surface area (Å²) >= 11 is 0. The number of esters is 2. The van der Waals surface area contributed by atoms with Gasteiger partial charge in [0.15, 0.2) is 0 Å². The molecule has 1 heterocycles. The van der Waals surface area contributed by atoms with Gasteiger partial charge in [-0.1, -0.05) is 18.2 Å². The molecule has 0 aliphatic carbocycles. The number of allylic oxidation sites excluding steroid dienone is 1. The summed E-state index contributed by atoms with van der Waals surface area (Å²) in [6.45, 7) is 6.87. The van der Waals surface area contributed by atoms with E-state index in [9.17, 15) is 19.7 Å². The Kier molecular flexibility index (Phi) is 6.44. The van der Waals surface area contributed by atoms with Crippen LogP contribution in [0.2, 0.25) is 0 Å². The van der Waals surface area contributed by atoms with E-state index in [1.165, 1.54) is 12.1 Å². The molecule has 2 rings (SSSR count). The molecule has 27 heavy (non-hydrogen) atoms. The number of nitro groups is 1. The van der Waals surface area contributed by atoms with E-state index in [0.29, 0.717) is 11.4 Å². The van der Waals surface area contributed by atoms with E-state index >= 15 is 0 Å². The van der Waals surface area contributed by atoms with Crippen LogP contribution in [0.25, 0.3) is 0 Å². The number of aliphatic imine (C=N–C) groups is 1. The maximum absolute atomic E-state index is 12.7. The Balaban J connectivity index is 2.74. The van der Waals surface area contributed by atoms with Crippen LogP contribution in [0.4, 0.5) is 5.69 Å². The zero-order valence-electron chi connectivity index (χ0n) is 15.7. The standard InChI is InChI=1S/C19H22N2O6/c1-5-26-18(22)15-11(3)20-12(4)16(19(23)27-6-2)17(15)13-9-7-8-10-14(13)21(24)25/h7-10,15,17H,5-6H2,1-4H3/t15?,17-/m0/s1. The first kappa shape index (κ1) is 20.3. The summed E-state index contributed by atoms with van der Waals surface area (Å²) in [4.78, 5) is 40.6. The van der Waals surface area contributed by atoms with Crippen molar-refractivity contribution in [2.45, 2.75) is 33.6 Å². The maximum atomic E-state index is 12.7. The maximum Gasteiger partial charge on any atom is 0.336 e. The van der Waals surface area contributed by atoms with Gasteiger partial charge in [-0.2, -0.15) is 0 Å². The van der Waals surface area contributed by atoms with E-state index in [0.717, 1.165) is 0 Å². The molecule has 0 bridgehead atoms. The number of hydrogen-bond acceptors (Lipinski definition) is 7. The largest absolute Gasteiger partial charge is 0.465 e. The van der Waals surface area contributed by atoms with Crippen LogP contribution in [0.15, 0.2) is 40.5 Å². The Morgan fingerprint density at radius 3 is 2.37 bits per heavy atom. The van der Waals surface area contributed by atoms with Crippen LogP contribution in [0.1, 0.15) is 39.2 Å². The molecule has 0 aromatic heterocycles. The number of para-hydroxylation sites is 1. The third-order valence-corrected chi connectivity index (χ3v) is 4.33. The van der Waals surface area contributed by atoms with Crippen molar-refractivity contribution in [2.75, 3.05) is 13.2 Å². The van der Waals surface area contributed by atoms with Gasteiger partial charge in [0.25, 0.3) is 5.69 Å². The van der Waals surface area contributed by atoms with Crippen LogP contribution in [-0.2, 0) is 19.1 Å². The fourth-order valence-electron chi connectivity index (χ4n) is 3.30. The molecule has 0 spiro atoms. The molecule has 0 N–H and O–H groups in total. The van der Waals surface area contributed by atoms with Gasteiger partial charge in [0, 0.05) is 29.0 Å². The van der Waals surface area contributed by atoms with Crippen molar-refractivity contribution in [1.29, 1.82) is 0 Å². The van der Waals surface area contributed by atoms with Crippen molar-refractivity contribution < 1.29 is 24.0 Å². The van der Waals surface area contributed by atoms with Gasteiger partial charge >= 0.3 is 11.9 Å². The molecule has 8 nitrogen and oxygen atoms in total. The minimum atomic E-state index is -0.950. The number of nitro benzene ring substituents is 1. The fraction of sp³-hybridized carbons (Fsp3) is 0.421. The molecule has 0 saturated heterocycles. The van der Waals surface area contributed by atoms with Gasteiger partial charge < -0.3 is 9.47 Å². The summed E-state index contributed by atoms with van der Waals surface area (Å²) in [5.41, 5.74) is 1.00. The van der Waals surface area contributed by atoms with Crippen molar-refractivity contribution in [1.82, 2.24) is 0 Å². The number of carbonyl (C=O) groups is 2. The molecule has 0 amide bonds. The smallest absolute Gasteiger partial charge is 0.336 e. The third-order valence-electron chi connectivity index (χ3n) is 4.33. The molecular formula is C19H22N2O6. The fourth-order valence-corrected chi connectivity index (χ4v) is 3.30. The van der Waals surface area contributed by atoms with Crippen LogP contribution < -0.4 is 0 Å². The van der Waals surface area contributed by atoms with Gasteiger partial charge in [-0.05, 0) is 27.7 Å². The number of rotatable bonds is 6. The highest BCUT2D eigenvalue weighted by atomic mass is 16.6. The van der Waals surface area contributed by atoms with Crippen LogP contribution in [0, 0.1) is 16.0 Å². The third kappa shape index (κ3) is 4.05. The lowest BCUT2D eigenvalue weighted by atomic mass is 9.75. The van der Waals surface area contributed by atoms with Gasteiger partial charge in [0.05, 0.1) is 23.7 Å². The van der Waals surface area contributed by atoms with Crippen LogP contribution in [0.3, 0.4) is 0 Å². The van der Waals surface area contributed by atoms with E-state index in [-0.39, 0.29) is 30.0 Å². The Bertz CT molecular complexity index is 827. The van der Waals surface area contributed by atoms with Crippen molar-refractivity contribution >= 4 is 23.3 Å². The van der Waals surface area contributed by atoms with E-state index in [2.05, 4.69) is 4.99 Å². The molecule has 1 aromatic rings. The summed E-state index contributed by atoms with van der Waals surface area (Å²) in [6, 6.07) is 6.05. The van der Waals surface area contributed by atoms with E-state index in [4.69, 9.17) is 9.47 Å². The second-order valence-corrected chi connectivity index (χ2v) is 6.00. The number of benzene rings is 1. The average molecular weight is 374 g/mol. The number of nitrogens with zero attached hydrogens (tertiary/aromatic N) is 2. The lowest BCUT2D eigenvalue weighted by molar-refractivity contribution is -0.385. The SMILES string of the molecule is CCOC(=O)C1=C(C)N=C(C)C(C(=O)OCC)[C@@H]1c1ccccc1[N+](=O)[O-]. The minimum Gasteiger partial charge on any atom is -0.465 e. The molecule has 2 atom stereocenters. The zero-order chi connectivity index (χ0) is 20.1. The number of carbonyl (C=O) groups excluding carboxylic acids is 2. The van der Waals surface area contributed by atoms with Gasteiger partial charge in [0.2, 0.25) is 0 Å². The van der Waals surface area contributed by atoms with Crippen molar-refractivity contribution in [3.8, 4) is 0 Å². The summed E-state index contributed by atoms with van der Waals surface area (Å²) in [5, 5.41) is 11.6. The monoisotopic (exact) mass is 374 g/mol. The second-order valence-electron chi connectivity index (χ2n) is 6.00. The summed E-state index contributed by atoms with van der Waals surface area (Å²) < 4.78 is 10.3. The molecule has 0 radical (unpaired) electrons. The predicted molar refractivity (Wildman–Crippen MR) is 98.4 cm³/mol. The number of hydrogen-bond donors (Lipinski definition) is 0. The van der Waals surface area contributed by atoms with Crippen molar-refractivity contribution in [2.24, 2.45) is 10.9 Å². The summed E-state index contributed by atoms with van der Waals surface area (Å²) in [6.07, 6.45) is 0. The first-order valence-electron chi connectivity index (χ1n) is 8.66. The Morgan fingerprint density at radius 1 is 1.15 bits per heavy atom. The quantitative estimate of drug-likeness (QED) is 0.430. The van der Waals surface area contributed by atoms with Crippen LogP contribution >= 0.6 is 0 Å². The number of ether oxygens (including phenoxy) is 2. The highest BCUT2D eigenvalue weighted by molar-refractivity contribution is 6.07. The Hall–Kier alpha value is -3.03. The van der Waals surface area contributed by atoms with E-state index < -0.39 is 28.7 Å². The topological polar surface area (TPSA) is 108 Å². The first-order valence-corrected chi connectivity index (χ1v) is 8.66. The lowest BCUT2D eigenvalue weighted by Gasteiger charge is -2.31. The second kappa shape index (κ2) is 8.57. The van der Waals surface area contributed by atoms with E-state index in [1.807, 2.05) is 0 Å². The van der Waals surface area contributed by atoms with Gasteiger partial charge in [-0.25, -0.2) is 4.79 Å². The summed E-state index contributed by atoms with van der Waals surface area (Å²) in [5.74, 6) is -3.10. The molecule has 1 unspecified atom stereocenters. The van der Waals surface area contributed by atoms with Crippen molar-refractivity contribution in [3.63, 3.8) is 0 Å². The highest BCUT2D eigenvalue weighted by Crippen LogP contribution is 2.43. The van der Waals surface area contributed by atoms with Gasteiger partial charge in [-0.15, -0.1) is 0 Å². The predicted octanol–water partition coefficient (Wildman–Crippen LogP) is 3.17. The molecular weight excluding hydrogens is 352 g/mol. The first-order chi connectivity index (χ1) is 12.8. The van der Waals surface area contributed by atoms with E-state index in [1.54, 1.807) is 39.8 Å². The Morgan fingerprint density at radius 2 is 1.78 bits per heavy atom. The normalized spacial score (nSPS) is 19.3. The molecule has 0 fully saturated rings. The molecule has 144 valence electrons. The van der Waals surface area contributed by atoms with Crippen LogP contribution in [-0.4, -0.2) is 35.8 Å². The molecule has 1 aliphatic heterocycles. The highest BCUT2D eigenvalue weighted by Gasteiger charge is 2.44. The molecule has 1 aliphatic rings. The zero-order valence-corrected chi connectivity index (χ0v) is 15.7. The summed E-state index contributed by atoms with van der Waals surface area (Å²) in [7, 11) is 0. The molecule has 8 heteroatoms. The van der Waals surface area contributed by atoms with Crippen molar-refractivity contribution in [3.05, 3.63) is 51.2 Å². The Labute approximate surface area is 157 Å². The van der Waals surface area contributed by atoms with Crippen LogP contribution in [0.5, 0.6) is 0 Å². The molecule has 1 aromatic carbocycles. The lowest BCUT2D eigenvalue weighted by Crippen LogP contribution is -2.36.